The van der Waals surface area contributed by atoms with E-state index in [-0.39, 0.29) is 0 Å². The minimum atomic E-state index is -5.86. The first kappa shape index (κ1) is 15.6. The zero-order chi connectivity index (χ0) is 15.0. The van der Waals surface area contributed by atoms with E-state index >= 15 is 0 Å². The Hall–Kier alpha value is -1.48. The molecule has 1 rings (SSSR count). The standard InChI is InChI=1S/C9H6ClF5N2O2/c10-5-2-1-4(3-6(5)17(18)19)7(16)8(11,12)9(13,14)15/h1-3,7H,16H2/t7-/m0/s1. The molecule has 0 fully saturated rings. The smallest absolute Gasteiger partial charge is 0.319 e. The molecule has 106 valence electrons. The van der Waals surface area contributed by atoms with Gasteiger partial charge in [0.15, 0.2) is 0 Å². The van der Waals surface area contributed by atoms with Crippen molar-refractivity contribution < 1.29 is 26.9 Å². The molecular formula is C9H6ClF5N2O2. The van der Waals surface area contributed by atoms with Gasteiger partial charge in [0.05, 0.1) is 4.92 Å². The molecule has 1 aromatic carbocycles. The molecule has 0 heterocycles. The second-order valence-corrected chi connectivity index (χ2v) is 3.97. The first-order chi connectivity index (χ1) is 8.48. The molecule has 4 nitrogen and oxygen atoms in total. The van der Waals surface area contributed by atoms with Gasteiger partial charge in [0.1, 0.15) is 11.1 Å². The van der Waals surface area contributed by atoms with Crippen LogP contribution in [0.15, 0.2) is 18.2 Å². The summed E-state index contributed by atoms with van der Waals surface area (Å²) in [7, 11) is 0. The summed E-state index contributed by atoms with van der Waals surface area (Å²) >= 11 is 5.41. The molecule has 0 aliphatic carbocycles. The molecule has 0 unspecified atom stereocenters. The van der Waals surface area contributed by atoms with Crippen LogP contribution >= 0.6 is 11.6 Å². The molecule has 0 aromatic heterocycles. The van der Waals surface area contributed by atoms with Gasteiger partial charge >= 0.3 is 12.1 Å². The van der Waals surface area contributed by atoms with E-state index in [0.717, 1.165) is 12.1 Å². The molecule has 0 amide bonds. The molecule has 0 spiro atoms. The summed E-state index contributed by atoms with van der Waals surface area (Å²) in [4.78, 5) is 9.50. The lowest BCUT2D eigenvalue weighted by atomic mass is 10.0. The van der Waals surface area contributed by atoms with E-state index in [2.05, 4.69) is 0 Å². The summed E-state index contributed by atoms with van der Waals surface area (Å²) in [5.74, 6) is -5.21. The number of hydrogen-bond acceptors (Lipinski definition) is 3. The van der Waals surface area contributed by atoms with Crippen LogP contribution in [0.25, 0.3) is 0 Å². The number of nitro benzene ring substituents is 1. The van der Waals surface area contributed by atoms with Gasteiger partial charge in [-0.1, -0.05) is 17.7 Å². The third-order valence-electron chi connectivity index (χ3n) is 2.29. The van der Waals surface area contributed by atoms with Gasteiger partial charge in [0, 0.05) is 6.07 Å². The molecule has 1 aromatic rings. The Bertz CT molecular complexity index is 506. The van der Waals surface area contributed by atoms with Crippen LogP contribution in [-0.4, -0.2) is 17.0 Å². The minimum absolute atomic E-state index is 0.392. The second-order valence-electron chi connectivity index (χ2n) is 3.57. The van der Waals surface area contributed by atoms with Crippen LogP contribution in [0, 0.1) is 10.1 Å². The Kier molecular flexibility index (Phi) is 4.01. The molecule has 0 radical (unpaired) electrons. The Morgan fingerprint density at radius 1 is 1.26 bits per heavy atom. The van der Waals surface area contributed by atoms with Crippen molar-refractivity contribution in [2.45, 2.75) is 18.1 Å². The highest BCUT2D eigenvalue weighted by atomic mass is 35.5. The fraction of sp³-hybridized carbons (Fsp3) is 0.333. The molecule has 0 aliphatic rings. The van der Waals surface area contributed by atoms with Gasteiger partial charge in [-0.15, -0.1) is 0 Å². The third kappa shape index (κ3) is 2.92. The van der Waals surface area contributed by atoms with Gasteiger partial charge in [0.25, 0.3) is 5.69 Å². The maximum absolute atomic E-state index is 13.0. The molecule has 0 bridgehead atoms. The molecule has 0 saturated carbocycles. The van der Waals surface area contributed by atoms with E-state index in [1.54, 1.807) is 0 Å². The highest BCUT2D eigenvalue weighted by Gasteiger charge is 2.61. The monoisotopic (exact) mass is 304 g/mol. The first-order valence-electron chi connectivity index (χ1n) is 4.62. The first-order valence-corrected chi connectivity index (χ1v) is 5.00. The number of halogens is 6. The van der Waals surface area contributed by atoms with Crippen LogP contribution in [0.3, 0.4) is 0 Å². The summed E-state index contributed by atoms with van der Waals surface area (Å²) in [5, 5.41) is 10.1. The van der Waals surface area contributed by atoms with Crippen molar-refractivity contribution in [1.82, 2.24) is 0 Å². The second kappa shape index (κ2) is 4.89. The summed E-state index contributed by atoms with van der Waals surface area (Å²) < 4.78 is 62.3. The highest BCUT2D eigenvalue weighted by molar-refractivity contribution is 6.32. The summed E-state index contributed by atoms with van der Waals surface area (Å²) in [6.07, 6.45) is -5.86. The largest absolute Gasteiger partial charge is 0.455 e. The van der Waals surface area contributed by atoms with Crippen molar-refractivity contribution in [1.29, 1.82) is 0 Å². The Morgan fingerprint density at radius 2 is 1.79 bits per heavy atom. The summed E-state index contributed by atoms with van der Waals surface area (Å²) in [5.41, 5.74) is 3.31. The Balaban J connectivity index is 3.25. The summed E-state index contributed by atoms with van der Waals surface area (Å²) in [6, 6.07) is -0.656. The van der Waals surface area contributed by atoms with Crippen LogP contribution in [0.1, 0.15) is 11.6 Å². The van der Waals surface area contributed by atoms with E-state index < -0.39 is 39.3 Å². The Labute approximate surface area is 108 Å². The van der Waals surface area contributed by atoms with Gasteiger partial charge in [-0.2, -0.15) is 22.0 Å². The number of nitrogens with two attached hydrogens (primary N) is 1. The maximum atomic E-state index is 13.0. The number of alkyl halides is 5. The predicted molar refractivity (Wildman–Crippen MR) is 56.0 cm³/mol. The van der Waals surface area contributed by atoms with Crippen LogP contribution in [-0.2, 0) is 0 Å². The number of benzene rings is 1. The van der Waals surface area contributed by atoms with Crippen LogP contribution < -0.4 is 5.73 Å². The molecule has 1 atom stereocenters. The lowest BCUT2D eigenvalue weighted by Gasteiger charge is -2.25. The zero-order valence-electron chi connectivity index (χ0n) is 8.92. The molecule has 19 heavy (non-hydrogen) atoms. The van der Waals surface area contributed by atoms with Crippen LogP contribution in [0.4, 0.5) is 27.6 Å². The number of nitro groups is 1. The van der Waals surface area contributed by atoms with Gasteiger partial charge in [-0.05, 0) is 11.6 Å². The van der Waals surface area contributed by atoms with Crippen molar-refractivity contribution in [3.05, 3.63) is 38.9 Å². The SMILES string of the molecule is N[C@@H](c1ccc(Cl)c([N+](=O)[O-])c1)C(F)(F)C(F)(F)F. The third-order valence-corrected chi connectivity index (χ3v) is 2.61. The zero-order valence-corrected chi connectivity index (χ0v) is 9.67. The minimum Gasteiger partial charge on any atom is -0.319 e. The van der Waals surface area contributed by atoms with Crippen LogP contribution in [0.2, 0.25) is 5.02 Å². The number of hydrogen-bond donors (Lipinski definition) is 1. The fourth-order valence-electron chi connectivity index (χ4n) is 1.25. The molecule has 0 aliphatic heterocycles. The van der Waals surface area contributed by atoms with E-state index in [1.807, 2.05) is 0 Å². The fourth-order valence-corrected chi connectivity index (χ4v) is 1.44. The average molecular weight is 305 g/mol. The molecule has 0 saturated heterocycles. The molecule has 10 heteroatoms. The Morgan fingerprint density at radius 3 is 2.21 bits per heavy atom. The average Bonchev–Trinajstić information content (AvgIpc) is 2.26. The topological polar surface area (TPSA) is 69.2 Å². The van der Waals surface area contributed by atoms with Crippen molar-refractivity contribution in [2.75, 3.05) is 0 Å². The van der Waals surface area contributed by atoms with Crippen molar-refractivity contribution in [3.8, 4) is 0 Å². The molecular weight excluding hydrogens is 299 g/mol. The van der Waals surface area contributed by atoms with E-state index in [0.29, 0.717) is 6.07 Å². The van der Waals surface area contributed by atoms with E-state index in [4.69, 9.17) is 17.3 Å². The van der Waals surface area contributed by atoms with Crippen molar-refractivity contribution >= 4 is 17.3 Å². The number of rotatable bonds is 3. The lowest BCUT2D eigenvalue weighted by molar-refractivity contribution is -0.384. The van der Waals surface area contributed by atoms with Gasteiger partial charge in [-0.25, -0.2) is 0 Å². The molecule has 2 N–H and O–H groups in total. The number of nitrogens with zero attached hydrogens (tertiary/aromatic N) is 1. The normalized spacial score (nSPS) is 14.3. The van der Waals surface area contributed by atoms with Gasteiger partial charge < -0.3 is 5.73 Å². The maximum Gasteiger partial charge on any atom is 0.455 e. The van der Waals surface area contributed by atoms with Crippen molar-refractivity contribution in [2.24, 2.45) is 5.73 Å². The summed E-state index contributed by atoms with van der Waals surface area (Å²) in [6.45, 7) is 0. The predicted octanol–water partition coefficient (Wildman–Crippen LogP) is 3.45. The highest BCUT2D eigenvalue weighted by Crippen LogP contribution is 2.44. The van der Waals surface area contributed by atoms with Crippen LogP contribution in [0.5, 0.6) is 0 Å². The van der Waals surface area contributed by atoms with Gasteiger partial charge in [-0.3, -0.25) is 10.1 Å². The quantitative estimate of drug-likeness (QED) is 0.528. The lowest BCUT2D eigenvalue weighted by Crippen LogP contribution is -2.45. The van der Waals surface area contributed by atoms with E-state index in [9.17, 15) is 32.1 Å². The van der Waals surface area contributed by atoms with Gasteiger partial charge in [0.2, 0.25) is 0 Å². The van der Waals surface area contributed by atoms with Crippen molar-refractivity contribution in [3.63, 3.8) is 0 Å². The van der Waals surface area contributed by atoms with E-state index in [1.165, 1.54) is 0 Å².